The SMILES string of the molecule is CCCCCCCCc1ccc(-c2cnc(-c3ccc(OC(C)C(=O)O)cc3)nc2)cc1. The van der Waals surface area contributed by atoms with Gasteiger partial charge >= 0.3 is 5.97 Å². The van der Waals surface area contributed by atoms with Crippen molar-refractivity contribution >= 4 is 5.97 Å². The van der Waals surface area contributed by atoms with Crippen molar-refractivity contribution in [3.63, 3.8) is 0 Å². The highest BCUT2D eigenvalue weighted by atomic mass is 16.5. The Morgan fingerprint density at radius 1 is 0.844 bits per heavy atom. The number of carbonyl (C=O) groups is 1. The summed E-state index contributed by atoms with van der Waals surface area (Å²) in [6.45, 7) is 3.75. The number of ether oxygens (including phenoxy) is 1. The number of hydrogen-bond donors (Lipinski definition) is 1. The van der Waals surface area contributed by atoms with Gasteiger partial charge in [0.25, 0.3) is 0 Å². The van der Waals surface area contributed by atoms with Gasteiger partial charge < -0.3 is 9.84 Å². The maximum atomic E-state index is 10.9. The van der Waals surface area contributed by atoms with Gasteiger partial charge in [-0.2, -0.15) is 0 Å². The lowest BCUT2D eigenvalue weighted by Gasteiger charge is -2.10. The molecular weight excluding hydrogens is 400 g/mol. The molecular formula is C27H32N2O3. The molecule has 0 spiro atoms. The van der Waals surface area contributed by atoms with Crippen molar-refractivity contribution in [1.82, 2.24) is 9.97 Å². The number of aromatic nitrogens is 2. The van der Waals surface area contributed by atoms with E-state index in [1.807, 2.05) is 24.5 Å². The molecule has 2 aromatic carbocycles. The van der Waals surface area contributed by atoms with E-state index in [2.05, 4.69) is 41.2 Å². The number of hydrogen-bond acceptors (Lipinski definition) is 4. The van der Waals surface area contributed by atoms with E-state index in [9.17, 15) is 4.79 Å². The number of aryl methyl sites for hydroxylation is 1. The average Bonchev–Trinajstić information content (AvgIpc) is 2.82. The van der Waals surface area contributed by atoms with E-state index >= 15 is 0 Å². The third kappa shape index (κ3) is 6.91. The minimum atomic E-state index is -0.997. The zero-order valence-corrected chi connectivity index (χ0v) is 19.0. The van der Waals surface area contributed by atoms with E-state index in [1.165, 1.54) is 51.0 Å². The molecule has 0 saturated carbocycles. The zero-order valence-electron chi connectivity index (χ0n) is 19.0. The van der Waals surface area contributed by atoms with Gasteiger partial charge in [0.15, 0.2) is 11.9 Å². The van der Waals surface area contributed by atoms with Crippen LogP contribution in [0.5, 0.6) is 5.75 Å². The number of carboxylic acid groups (broad SMARTS) is 1. The Kier molecular flexibility index (Phi) is 8.79. The van der Waals surface area contributed by atoms with E-state index in [-0.39, 0.29) is 0 Å². The van der Waals surface area contributed by atoms with Gasteiger partial charge in [-0.1, -0.05) is 63.3 Å². The molecule has 1 aromatic heterocycles. The van der Waals surface area contributed by atoms with Gasteiger partial charge in [-0.3, -0.25) is 0 Å². The summed E-state index contributed by atoms with van der Waals surface area (Å²) in [6.07, 6.45) is 11.8. The number of unbranched alkanes of at least 4 members (excludes halogenated alkanes) is 5. The minimum absolute atomic E-state index is 0.501. The molecule has 0 fully saturated rings. The second-order valence-corrected chi connectivity index (χ2v) is 8.13. The predicted octanol–water partition coefficient (Wildman–Crippen LogP) is 6.57. The summed E-state index contributed by atoms with van der Waals surface area (Å²) in [4.78, 5) is 19.9. The third-order valence-corrected chi connectivity index (χ3v) is 5.53. The summed E-state index contributed by atoms with van der Waals surface area (Å²) in [6, 6.07) is 15.8. The molecule has 1 atom stereocenters. The van der Waals surface area contributed by atoms with E-state index in [1.54, 1.807) is 12.1 Å². The summed E-state index contributed by atoms with van der Waals surface area (Å²) >= 11 is 0. The lowest BCUT2D eigenvalue weighted by molar-refractivity contribution is -0.144. The summed E-state index contributed by atoms with van der Waals surface area (Å²) in [7, 11) is 0. The highest BCUT2D eigenvalue weighted by Crippen LogP contribution is 2.23. The fourth-order valence-corrected chi connectivity index (χ4v) is 3.54. The molecule has 3 rings (SSSR count). The van der Waals surface area contributed by atoms with Crippen LogP contribution in [0.4, 0.5) is 0 Å². The summed E-state index contributed by atoms with van der Waals surface area (Å²) in [5.41, 5.74) is 4.31. The maximum Gasteiger partial charge on any atom is 0.344 e. The molecule has 0 bridgehead atoms. The molecule has 3 aromatic rings. The van der Waals surface area contributed by atoms with Crippen LogP contribution in [-0.2, 0) is 11.2 Å². The Bertz CT molecular complexity index is 967. The van der Waals surface area contributed by atoms with Gasteiger partial charge in [0.05, 0.1) is 0 Å². The number of rotatable bonds is 12. The van der Waals surface area contributed by atoms with Crippen molar-refractivity contribution in [2.75, 3.05) is 0 Å². The summed E-state index contributed by atoms with van der Waals surface area (Å²) in [5, 5.41) is 8.94. The molecule has 168 valence electrons. The molecule has 0 aliphatic heterocycles. The van der Waals surface area contributed by atoms with Crippen LogP contribution in [0.15, 0.2) is 60.9 Å². The van der Waals surface area contributed by atoms with E-state index in [4.69, 9.17) is 9.84 Å². The Balaban J connectivity index is 1.55. The molecule has 0 saturated heterocycles. The van der Waals surface area contributed by atoms with Gasteiger partial charge in [-0.25, -0.2) is 14.8 Å². The lowest BCUT2D eigenvalue weighted by atomic mass is 10.0. The van der Waals surface area contributed by atoms with Crippen molar-refractivity contribution in [2.45, 2.75) is 64.9 Å². The van der Waals surface area contributed by atoms with E-state index < -0.39 is 12.1 Å². The first-order valence-electron chi connectivity index (χ1n) is 11.5. The molecule has 0 aliphatic rings. The van der Waals surface area contributed by atoms with E-state index in [0.29, 0.717) is 11.6 Å². The van der Waals surface area contributed by atoms with Gasteiger partial charge in [0.2, 0.25) is 0 Å². The smallest absolute Gasteiger partial charge is 0.344 e. The number of nitrogens with zero attached hydrogens (tertiary/aromatic N) is 2. The Labute approximate surface area is 190 Å². The van der Waals surface area contributed by atoms with Gasteiger partial charge in [0, 0.05) is 23.5 Å². The van der Waals surface area contributed by atoms with Crippen LogP contribution in [0.2, 0.25) is 0 Å². The first-order valence-corrected chi connectivity index (χ1v) is 11.5. The Hall–Kier alpha value is -3.21. The third-order valence-electron chi connectivity index (χ3n) is 5.53. The predicted molar refractivity (Wildman–Crippen MR) is 128 cm³/mol. The van der Waals surface area contributed by atoms with Gasteiger partial charge in [-0.15, -0.1) is 0 Å². The molecule has 0 aliphatic carbocycles. The molecule has 32 heavy (non-hydrogen) atoms. The minimum Gasteiger partial charge on any atom is -0.479 e. The van der Waals surface area contributed by atoms with Crippen molar-refractivity contribution in [1.29, 1.82) is 0 Å². The van der Waals surface area contributed by atoms with Crippen LogP contribution in [0, 0.1) is 0 Å². The Morgan fingerprint density at radius 2 is 1.44 bits per heavy atom. The largest absolute Gasteiger partial charge is 0.479 e. The number of benzene rings is 2. The monoisotopic (exact) mass is 432 g/mol. The van der Waals surface area contributed by atoms with Crippen LogP contribution in [0.25, 0.3) is 22.5 Å². The molecule has 5 heteroatoms. The van der Waals surface area contributed by atoms with Crippen LogP contribution in [0.3, 0.4) is 0 Å². The maximum absolute atomic E-state index is 10.9. The van der Waals surface area contributed by atoms with Crippen molar-refractivity contribution < 1.29 is 14.6 Å². The highest BCUT2D eigenvalue weighted by Gasteiger charge is 2.12. The van der Waals surface area contributed by atoms with Crippen LogP contribution >= 0.6 is 0 Å². The fraction of sp³-hybridized carbons (Fsp3) is 0.370. The van der Waals surface area contributed by atoms with Crippen molar-refractivity contribution in [3.05, 3.63) is 66.5 Å². The zero-order chi connectivity index (χ0) is 22.8. The quantitative estimate of drug-likeness (QED) is 0.328. The number of carboxylic acids is 1. The topological polar surface area (TPSA) is 72.3 Å². The second kappa shape index (κ2) is 12.0. The lowest BCUT2D eigenvalue weighted by Crippen LogP contribution is -2.22. The molecule has 1 N–H and O–H groups in total. The standard InChI is InChI=1S/C27H32N2O3/c1-3-4-5-6-7-8-9-21-10-12-22(13-11-21)24-18-28-26(29-19-24)23-14-16-25(17-15-23)32-20(2)27(30)31/h10-20H,3-9H2,1-2H3,(H,30,31). The Morgan fingerprint density at radius 3 is 2.06 bits per heavy atom. The summed E-state index contributed by atoms with van der Waals surface area (Å²) < 4.78 is 5.36. The van der Waals surface area contributed by atoms with Crippen LogP contribution in [0.1, 0.15) is 57.9 Å². The van der Waals surface area contributed by atoms with Crippen molar-refractivity contribution in [3.8, 4) is 28.3 Å². The van der Waals surface area contributed by atoms with Crippen LogP contribution in [-0.4, -0.2) is 27.1 Å². The molecule has 5 nitrogen and oxygen atoms in total. The molecule has 1 unspecified atom stereocenters. The second-order valence-electron chi connectivity index (χ2n) is 8.13. The average molecular weight is 433 g/mol. The van der Waals surface area contributed by atoms with Gasteiger partial charge in [-0.05, 0) is 55.2 Å². The van der Waals surface area contributed by atoms with E-state index in [0.717, 1.165) is 23.1 Å². The number of aliphatic carboxylic acids is 1. The molecule has 0 radical (unpaired) electrons. The van der Waals surface area contributed by atoms with Crippen molar-refractivity contribution in [2.24, 2.45) is 0 Å². The first kappa shape index (κ1) is 23.5. The molecule has 0 amide bonds. The normalized spacial score (nSPS) is 11.8. The van der Waals surface area contributed by atoms with Gasteiger partial charge in [0.1, 0.15) is 5.75 Å². The highest BCUT2D eigenvalue weighted by molar-refractivity contribution is 5.72. The molecule has 1 heterocycles. The fourth-order valence-electron chi connectivity index (χ4n) is 3.54. The first-order chi connectivity index (χ1) is 15.6. The summed E-state index contributed by atoms with van der Waals surface area (Å²) in [5.74, 6) is 0.121. The van der Waals surface area contributed by atoms with Crippen LogP contribution < -0.4 is 4.74 Å².